The molecule has 6 heteroatoms. The van der Waals surface area contributed by atoms with Crippen LogP contribution in [-0.4, -0.2) is 37.3 Å². The molecule has 104 valence electrons. The molecule has 0 radical (unpaired) electrons. The number of likely N-dealkylation sites (tertiary alicyclic amines) is 1. The van der Waals surface area contributed by atoms with Crippen LogP contribution in [0.2, 0.25) is 0 Å². The van der Waals surface area contributed by atoms with Crippen LogP contribution in [0.1, 0.15) is 17.9 Å². The Bertz CT molecular complexity index is 425. The van der Waals surface area contributed by atoms with Gasteiger partial charge in [-0.05, 0) is 24.1 Å². The number of nitrogens with one attached hydrogen (secondary N) is 1. The van der Waals surface area contributed by atoms with Crippen LogP contribution >= 0.6 is 0 Å². The maximum Gasteiger partial charge on any atom is 0.185 e. The molecule has 1 heterocycles. The summed E-state index contributed by atoms with van der Waals surface area (Å²) >= 11 is 0. The Labute approximate surface area is 112 Å². The SMILES string of the molecule is CN=C(N)N.N=CN1CCC(c2ccc(F)cc2)C1. The highest BCUT2D eigenvalue weighted by atomic mass is 19.1. The lowest BCUT2D eigenvalue weighted by Crippen LogP contribution is -2.21. The van der Waals surface area contributed by atoms with Crippen LogP contribution in [0.4, 0.5) is 4.39 Å². The minimum atomic E-state index is -0.185. The highest BCUT2D eigenvalue weighted by molar-refractivity contribution is 5.75. The molecule has 1 saturated heterocycles. The Hall–Kier alpha value is -2.11. The maximum atomic E-state index is 12.7. The van der Waals surface area contributed by atoms with Gasteiger partial charge in [0.2, 0.25) is 0 Å². The van der Waals surface area contributed by atoms with Crippen LogP contribution in [0.5, 0.6) is 0 Å². The van der Waals surface area contributed by atoms with Gasteiger partial charge in [0.25, 0.3) is 0 Å². The van der Waals surface area contributed by atoms with Gasteiger partial charge in [-0.3, -0.25) is 10.4 Å². The molecule has 1 aromatic carbocycles. The third-order valence-corrected chi connectivity index (χ3v) is 3.00. The molecular weight excluding hydrogens is 245 g/mol. The van der Waals surface area contributed by atoms with Crippen molar-refractivity contribution in [3.8, 4) is 0 Å². The van der Waals surface area contributed by atoms with E-state index in [9.17, 15) is 4.39 Å². The van der Waals surface area contributed by atoms with Crippen LogP contribution in [0.3, 0.4) is 0 Å². The van der Waals surface area contributed by atoms with Gasteiger partial charge in [0, 0.05) is 26.1 Å². The van der Waals surface area contributed by atoms with Crippen molar-refractivity contribution in [2.75, 3.05) is 20.1 Å². The normalized spacial score (nSPS) is 17.4. The molecule has 0 aromatic heterocycles. The summed E-state index contributed by atoms with van der Waals surface area (Å²) in [6, 6.07) is 6.69. The fourth-order valence-electron chi connectivity index (χ4n) is 1.91. The average Bonchev–Trinajstić information content (AvgIpc) is 2.89. The smallest absolute Gasteiger partial charge is 0.185 e. The van der Waals surface area contributed by atoms with Crippen molar-refractivity contribution < 1.29 is 4.39 Å². The largest absolute Gasteiger partial charge is 0.370 e. The van der Waals surface area contributed by atoms with Gasteiger partial charge < -0.3 is 16.4 Å². The van der Waals surface area contributed by atoms with Gasteiger partial charge in [0.05, 0.1) is 6.34 Å². The maximum absolute atomic E-state index is 12.7. The zero-order valence-corrected chi connectivity index (χ0v) is 11.0. The van der Waals surface area contributed by atoms with E-state index in [4.69, 9.17) is 16.9 Å². The number of benzene rings is 1. The molecule has 0 amide bonds. The summed E-state index contributed by atoms with van der Waals surface area (Å²) in [5.74, 6) is 0.401. The minimum absolute atomic E-state index is 0.130. The van der Waals surface area contributed by atoms with Crippen LogP contribution in [0.15, 0.2) is 29.3 Å². The monoisotopic (exact) mass is 265 g/mol. The van der Waals surface area contributed by atoms with Crippen molar-refractivity contribution in [3.05, 3.63) is 35.6 Å². The Morgan fingerprint density at radius 1 is 1.42 bits per heavy atom. The van der Waals surface area contributed by atoms with E-state index >= 15 is 0 Å². The summed E-state index contributed by atoms with van der Waals surface area (Å²) in [5.41, 5.74) is 10.8. The first-order valence-corrected chi connectivity index (χ1v) is 6.04. The summed E-state index contributed by atoms with van der Waals surface area (Å²) in [4.78, 5) is 5.34. The quantitative estimate of drug-likeness (QED) is 0.552. The van der Waals surface area contributed by atoms with Gasteiger partial charge in [-0.15, -0.1) is 0 Å². The predicted octanol–water partition coefficient (Wildman–Crippen LogP) is 1.11. The summed E-state index contributed by atoms with van der Waals surface area (Å²) in [7, 11) is 1.54. The number of aliphatic imine (C=N–C) groups is 1. The van der Waals surface area contributed by atoms with E-state index in [1.807, 2.05) is 17.0 Å². The highest BCUT2D eigenvalue weighted by Crippen LogP contribution is 2.26. The fraction of sp³-hybridized carbons (Fsp3) is 0.385. The lowest BCUT2D eigenvalue weighted by Gasteiger charge is -2.11. The van der Waals surface area contributed by atoms with Crippen LogP contribution in [0, 0.1) is 11.2 Å². The molecule has 19 heavy (non-hydrogen) atoms. The molecule has 0 spiro atoms. The van der Waals surface area contributed by atoms with Gasteiger partial charge in [-0.1, -0.05) is 12.1 Å². The Kier molecular flexibility index (Phi) is 5.78. The number of hydrogen-bond acceptors (Lipinski definition) is 2. The molecule has 0 aliphatic carbocycles. The molecule has 5 nitrogen and oxygen atoms in total. The molecule has 1 aromatic rings. The van der Waals surface area contributed by atoms with Gasteiger partial charge >= 0.3 is 0 Å². The molecule has 1 unspecified atom stereocenters. The van der Waals surface area contributed by atoms with E-state index in [1.165, 1.54) is 31.1 Å². The van der Waals surface area contributed by atoms with Crippen molar-refractivity contribution >= 4 is 12.3 Å². The Morgan fingerprint density at radius 3 is 2.42 bits per heavy atom. The van der Waals surface area contributed by atoms with Crippen molar-refractivity contribution in [2.24, 2.45) is 16.5 Å². The van der Waals surface area contributed by atoms with Crippen LogP contribution < -0.4 is 11.5 Å². The molecule has 0 bridgehead atoms. The number of hydrogen-bond donors (Lipinski definition) is 3. The molecule has 2 rings (SSSR count). The molecule has 1 fully saturated rings. The van der Waals surface area contributed by atoms with Crippen LogP contribution in [-0.2, 0) is 0 Å². The second-order valence-corrected chi connectivity index (χ2v) is 4.31. The third kappa shape index (κ3) is 4.95. The second-order valence-electron chi connectivity index (χ2n) is 4.31. The number of nitrogens with two attached hydrogens (primary N) is 2. The summed E-state index contributed by atoms with van der Waals surface area (Å²) in [5, 5.41) is 7.13. The lowest BCUT2D eigenvalue weighted by atomic mass is 9.99. The molecule has 5 N–H and O–H groups in total. The van der Waals surface area contributed by atoms with Crippen molar-refractivity contribution in [2.45, 2.75) is 12.3 Å². The number of halogens is 1. The van der Waals surface area contributed by atoms with Gasteiger partial charge in [0.1, 0.15) is 5.82 Å². The Morgan fingerprint density at radius 2 is 2.00 bits per heavy atom. The molecule has 1 aliphatic heterocycles. The van der Waals surface area contributed by atoms with E-state index < -0.39 is 0 Å². The predicted molar refractivity (Wildman–Crippen MR) is 75.8 cm³/mol. The second kappa shape index (κ2) is 7.35. The lowest BCUT2D eigenvalue weighted by molar-refractivity contribution is 0.523. The standard InChI is InChI=1S/C11H13FN2.C2H7N3/c12-11-3-1-9(2-4-11)10-5-6-14(7-10)8-13;1-5-2(3)4/h1-4,8,10,13H,5-7H2;1H3,(H4,3,4,5). The fourth-order valence-corrected chi connectivity index (χ4v) is 1.91. The first kappa shape index (κ1) is 14.9. The van der Waals surface area contributed by atoms with Gasteiger partial charge in [-0.2, -0.15) is 0 Å². The van der Waals surface area contributed by atoms with Crippen molar-refractivity contribution in [1.82, 2.24) is 4.90 Å². The van der Waals surface area contributed by atoms with E-state index in [-0.39, 0.29) is 11.8 Å². The topological polar surface area (TPSA) is 91.5 Å². The van der Waals surface area contributed by atoms with Crippen molar-refractivity contribution in [3.63, 3.8) is 0 Å². The average molecular weight is 265 g/mol. The zero-order valence-electron chi connectivity index (χ0n) is 11.0. The van der Waals surface area contributed by atoms with E-state index in [0.29, 0.717) is 5.92 Å². The van der Waals surface area contributed by atoms with Crippen LogP contribution in [0.25, 0.3) is 0 Å². The number of guanidine groups is 1. The zero-order chi connectivity index (χ0) is 14.3. The highest BCUT2D eigenvalue weighted by Gasteiger charge is 2.21. The van der Waals surface area contributed by atoms with Gasteiger partial charge in [0.15, 0.2) is 5.96 Å². The summed E-state index contributed by atoms with van der Waals surface area (Å²) in [6.45, 7) is 1.82. The van der Waals surface area contributed by atoms with Crippen molar-refractivity contribution in [1.29, 1.82) is 5.41 Å². The molecule has 0 saturated carbocycles. The first-order valence-electron chi connectivity index (χ1n) is 6.04. The summed E-state index contributed by atoms with van der Waals surface area (Å²) < 4.78 is 12.7. The summed E-state index contributed by atoms with van der Waals surface area (Å²) in [6.07, 6.45) is 2.44. The van der Waals surface area contributed by atoms with E-state index in [2.05, 4.69) is 4.99 Å². The van der Waals surface area contributed by atoms with Gasteiger partial charge in [-0.25, -0.2) is 4.39 Å². The third-order valence-electron chi connectivity index (χ3n) is 3.00. The number of rotatable bonds is 2. The number of nitrogens with zero attached hydrogens (tertiary/aromatic N) is 2. The molecule has 1 atom stereocenters. The first-order chi connectivity index (χ1) is 9.06. The van der Waals surface area contributed by atoms with E-state index in [0.717, 1.165) is 19.5 Å². The molecular formula is C13H20FN5. The minimum Gasteiger partial charge on any atom is -0.370 e. The van der Waals surface area contributed by atoms with E-state index in [1.54, 1.807) is 0 Å². The molecule has 1 aliphatic rings. The Balaban J connectivity index is 0.000000312.